The molecule has 0 unspecified atom stereocenters. The smallest absolute Gasteiger partial charge is 0.279 e. The van der Waals surface area contributed by atoms with Crippen molar-refractivity contribution in [2.45, 2.75) is 6.92 Å². The minimum absolute atomic E-state index is 0.0229. The van der Waals surface area contributed by atoms with Crippen molar-refractivity contribution in [2.75, 3.05) is 42.9 Å². The summed E-state index contributed by atoms with van der Waals surface area (Å²) in [7, 11) is 0. The van der Waals surface area contributed by atoms with Gasteiger partial charge in [0.15, 0.2) is 6.54 Å². The number of aryl methyl sites for hydroxylation is 1. The average Bonchev–Trinajstić information content (AvgIpc) is 2.59. The number of piperazine rings is 1. The van der Waals surface area contributed by atoms with E-state index in [-0.39, 0.29) is 11.7 Å². The molecule has 1 aliphatic rings. The first-order valence-electron chi connectivity index (χ1n) is 8.41. The summed E-state index contributed by atoms with van der Waals surface area (Å²) >= 11 is 3.48. The highest BCUT2D eigenvalue weighted by Crippen LogP contribution is 2.23. The first kappa shape index (κ1) is 17.9. The molecular weight excluding hydrogens is 385 g/mol. The van der Waals surface area contributed by atoms with Crippen LogP contribution in [0.5, 0.6) is 0 Å². The Morgan fingerprint density at radius 3 is 2.52 bits per heavy atom. The third-order valence-corrected chi connectivity index (χ3v) is 5.13. The van der Waals surface area contributed by atoms with Crippen molar-refractivity contribution in [2.24, 2.45) is 0 Å². The van der Waals surface area contributed by atoms with Crippen molar-refractivity contribution in [3.05, 3.63) is 58.3 Å². The Hall–Kier alpha value is -1.92. The lowest BCUT2D eigenvalue weighted by atomic mass is 10.2. The maximum atomic E-state index is 13.0. The zero-order valence-electron chi connectivity index (χ0n) is 14.2. The van der Waals surface area contributed by atoms with E-state index in [4.69, 9.17) is 0 Å². The van der Waals surface area contributed by atoms with Gasteiger partial charge in [-0.05, 0) is 64.8 Å². The van der Waals surface area contributed by atoms with Crippen molar-refractivity contribution >= 4 is 33.2 Å². The molecule has 0 radical (unpaired) electrons. The van der Waals surface area contributed by atoms with Crippen LogP contribution >= 0.6 is 15.9 Å². The van der Waals surface area contributed by atoms with Crippen LogP contribution in [0, 0.1) is 12.7 Å². The number of hydrogen-bond donors (Lipinski definition) is 2. The summed E-state index contributed by atoms with van der Waals surface area (Å²) in [5.41, 5.74) is 2.99. The first-order valence-corrected chi connectivity index (χ1v) is 9.20. The average molecular weight is 407 g/mol. The van der Waals surface area contributed by atoms with Gasteiger partial charge in [-0.1, -0.05) is 6.07 Å². The van der Waals surface area contributed by atoms with E-state index in [1.807, 2.05) is 37.3 Å². The number of nitrogens with one attached hydrogen (secondary N) is 2. The Balaban J connectivity index is 1.50. The number of carbonyl (C=O) groups is 1. The number of benzene rings is 2. The first-order chi connectivity index (χ1) is 12.0. The molecule has 25 heavy (non-hydrogen) atoms. The van der Waals surface area contributed by atoms with E-state index >= 15 is 0 Å². The molecule has 1 fully saturated rings. The molecule has 2 N–H and O–H groups in total. The molecule has 1 aliphatic heterocycles. The summed E-state index contributed by atoms with van der Waals surface area (Å²) in [4.78, 5) is 15.8. The van der Waals surface area contributed by atoms with Crippen LogP contribution in [0.15, 0.2) is 46.9 Å². The maximum absolute atomic E-state index is 13.0. The van der Waals surface area contributed by atoms with Crippen LogP contribution in [0.2, 0.25) is 0 Å². The van der Waals surface area contributed by atoms with Crippen molar-refractivity contribution in [1.29, 1.82) is 0 Å². The van der Waals surface area contributed by atoms with Crippen molar-refractivity contribution in [1.82, 2.24) is 0 Å². The maximum Gasteiger partial charge on any atom is 0.279 e. The summed E-state index contributed by atoms with van der Waals surface area (Å²) in [6.45, 7) is 5.98. The van der Waals surface area contributed by atoms with Gasteiger partial charge in [0.2, 0.25) is 0 Å². The highest BCUT2D eigenvalue weighted by Gasteiger charge is 2.22. The number of anilines is 2. The summed E-state index contributed by atoms with van der Waals surface area (Å²) in [5, 5.41) is 2.97. The van der Waals surface area contributed by atoms with E-state index in [1.165, 1.54) is 17.0 Å². The Labute approximate surface area is 155 Å². The number of quaternary nitrogens is 1. The Kier molecular flexibility index (Phi) is 5.71. The summed E-state index contributed by atoms with van der Waals surface area (Å²) in [5.74, 6) is -0.193. The van der Waals surface area contributed by atoms with Crippen LogP contribution in [0.25, 0.3) is 0 Å². The summed E-state index contributed by atoms with van der Waals surface area (Å²) < 4.78 is 13.9. The fourth-order valence-electron chi connectivity index (χ4n) is 3.05. The predicted octanol–water partition coefficient (Wildman–Crippen LogP) is 2.24. The molecule has 2 aromatic carbocycles. The molecule has 0 saturated carbocycles. The van der Waals surface area contributed by atoms with E-state index in [0.29, 0.717) is 6.54 Å². The number of carbonyl (C=O) groups excluding carboxylic acids is 1. The van der Waals surface area contributed by atoms with Gasteiger partial charge < -0.3 is 15.1 Å². The normalized spacial score (nSPS) is 15.2. The van der Waals surface area contributed by atoms with Crippen LogP contribution < -0.4 is 15.1 Å². The number of amides is 1. The molecule has 0 bridgehead atoms. The molecule has 132 valence electrons. The van der Waals surface area contributed by atoms with Crippen LogP contribution in [-0.4, -0.2) is 38.6 Å². The van der Waals surface area contributed by atoms with Crippen LogP contribution in [0.3, 0.4) is 0 Å². The second-order valence-corrected chi connectivity index (χ2v) is 7.28. The third kappa shape index (κ3) is 4.80. The molecule has 6 heteroatoms. The highest BCUT2D eigenvalue weighted by molar-refractivity contribution is 9.10. The molecule has 0 aromatic heterocycles. The van der Waals surface area contributed by atoms with Gasteiger partial charge in [-0.25, -0.2) is 4.39 Å². The zero-order valence-corrected chi connectivity index (χ0v) is 15.8. The monoisotopic (exact) mass is 406 g/mol. The largest absolute Gasteiger partial charge is 0.360 e. The van der Waals surface area contributed by atoms with Gasteiger partial charge in [0.1, 0.15) is 5.82 Å². The third-order valence-electron chi connectivity index (χ3n) is 4.47. The fraction of sp³-hybridized carbons (Fsp3) is 0.316. The molecule has 1 saturated heterocycles. The van der Waals surface area contributed by atoms with Gasteiger partial charge >= 0.3 is 0 Å². The lowest BCUT2D eigenvalue weighted by Gasteiger charge is -2.33. The summed E-state index contributed by atoms with van der Waals surface area (Å²) in [6, 6.07) is 12.5. The quantitative estimate of drug-likeness (QED) is 0.816. The van der Waals surface area contributed by atoms with E-state index in [0.717, 1.165) is 47.6 Å². The minimum atomic E-state index is -0.216. The SMILES string of the molecule is Cc1ccc(NC(=O)C[NH+]2CCN(c3ccc(F)cc3)CC2)c(Br)c1. The van der Waals surface area contributed by atoms with Gasteiger partial charge in [-0.15, -0.1) is 0 Å². The van der Waals surface area contributed by atoms with E-state index in [9.17, 15) is 9.18 Å². The molecular formula is C19H22BrFN3O+. The predicted molar refractivity (Wildman–Crippen MR) is 102 cm³/mol. The Morgan fingerprint density at radius 1 is 1.20 bits per heavy atom. The Bertz CT molecular complexity index is 743. The molecule has 1 heterocycles. The molecule has 0 spiro atoms. The zero-order chi connectivity index (χ0) is 17.8. The van der Waals surface area contributed by atoms with Gasteiger partial charge in [-0.3, -0.25) is 4.79 Å². The number of halogens is 2. The molecule has 0 atom stereocenters. The topological polar surface area (TPSA) is 36.8 Å². The van der Waals surface area contributed by atoms with Crippen molar-refractivity contribution in [3.63, 3.8) is 0 Å². The van der Waals surface area contributed by atoms with Gasteiger partial charge in [-0.2, -0.15) is 0 Å². The highest BCUT2D eigenvalue weighted by atomic mass is 79.9. The second-order valence-electron chi connectivity index (χ2n) is 6.42. The van der Waals surface area contributed by atoms with Crippen molar-refractivity contribution < 1.29 is 14.1 Å². The van der Waals surface area contributed by atoms with E-state index in [1.54, 1.807) is 0 Å². The standard InChI is InChI=1S/C19H21BrFN3O/c1-14-2-7-18(17(20)12-14)22-19(25)13-23-8-10-24(11-9-23)16-5-3-15(21)4-6-16/h2-7,12H,8-11,13H2,1H3,(H,22,25)/p+1. The number of rotatable bonds is 4. The molecule has 4 nitrogen and oxygen atoms in total. The number of nitrogens with zero attached hydrogens (tertiary/aromatic N) is 1. The van der Waals surface area contributed by atoms with E-state index in [2.05, 4.69) is 26.1 Å². The van der Waals surface area contributed by atoms with E-state index < -0.39 is 0 Å². The van der Waals surface area contributed by atoms with Crippen LogP contribution in [0.4, 0.5) is 15.8 Å². The molecule has 2 aromatic rings. The fourth-order valence-corrected chi connectivity index (χ4v) is 3.65. The number of hydrogen-bond acceptors (Lipinski definition) is 2. The molecule has 1 amide bonds. The lowest BCUT2D eigenvalue weighted by Crippen LogP contribution is -3.15. The van der Waals surface area contributed by atoms with Crippen LogP contribution in [-0.2, 0) is 4.79 Å². The molecule has 0 aliphatic carbocycles. The van der Waals surface area contributed by atoms with Crippen LogP contribution in [0.1, 0.15) is 5.56 Å². The van der Waals surface area contributed by atoms with Gasteiger partial charge in [0, 0.05) is 10.2 Å². The summed E-state index contributed by atoms with van der Waals surface area (Å²) in [6.07, 6.45) is 0. The van der Waals surface area contributed by atoms with Gasteiger partial charge in [0.25, 0.3) is 5.91 Å². The molecule has 3 rings (SSSR count). The second kappa shape index (κ2) is 7.97. The van der Waals surface area contributed by atoms with Gasteiger partial charge in [0.05, 0.1) is 31.9 Å². The lowest BCUT2D eigenvalue weighted by molar-refractivity contribution is -0.892. The minimum Gasteiger partial charge on any atom is -0.360 e. The van der Waals surface area contributed by atoms with Crippen molar-refractivity contribution in [3.8, 4) is 0 Å². The Morgan fingerprint density at radius 2 is 1.88 bits per heavy atom.